The second-order valence-corrected chi connectivity index (χ2v) is 19.5. The molecule has 1 rings (SSSR count). The van der Waals surface area contributed by atoms with Crippen LogP contribution in [0.2, 0.25) is 39.3 Å². The van der Waals surface area contributed by atoms with Crippen LogP contribution in [0.4, 0.5) is 0 Å². The van der Waals surface area contributed by atoms with E-state index >= 15 is 0 Å². The van der Waals surface area contributed by atoms with E-state index in [0.29, 0.717) is 0 Å². The Hall–Kier alpha value is 0.900. The van der Waals surface area contributed by atoms with Crippen LogP contribution in [0.5, 0.6) is 0 Å². The zero-order valence-electron chi connectivity index (χ0n) is 11.3. The molecule has 16 heavy (non-hydrogen) atoms. The summed E-state index contributed by atoms with van der Waals surface area (Å²) in [5, 5.41) is 3.27. The molecular formula is C12H21BrMgSi2. The highest BCUT2D eigenvalue weighted by Gasteiger charge is 2.22. The fraction of sp³-hybridized carbons (Fsp3) is 0.500. The van der Waals surface area contributed by atoms with Gasteiger partial charge in [0.1, 0.15) is 0 Å². The van der Waals surface area contributed by atoms with Gasteiger partial charge in [0.15, 0.2) is 0 Å². The zero-order valence-corrected chi connectivity index (χ0v) is 16.3. The molecule has 0 atom stereocenters. The van der Waals surface area contributed by atoms with Crippen molar-refractivity contribution in [3.8, 4) is 0 Å². The highest BCUT2D eigenvalue weighted by atomic mass is 79.9. The first-order valence-corrected chi connectivity index (χ1v) is 17.5. The van der Waals surface area contributed by atoms with Gasteiger partial charge in [0.05, 0.1) is 16.1 Å². The molecular weight excluding hydrogens is 305 g/mol. The van der Waals surface area contributed by atoms with Gasteiger partial charge in [0.2, 0.25) is 0 Å². The van der Waals surface area contributed by atoms with Crippen LogP contribution in [0.25, 0.3) is 0 Å². The Balaban J connectivity index is 3.33. The molecule has 0 bridgehead atoms. The van der Waals surface area contributed by atoms with E-state index in [-0.39, 0.29) is 18.2 Å². The quantitative estimate of drug-likeness (QED) is 0.749. The zero-order chi connectivity index (χ0) is 12.6. The number of halogens is 1. The summed E-state index contributed by atoms with van der Waals surface area (Å²) in [6.45, 7) is 14.6. The van der Waals surface area contributed by atoms with E-state index in [1.165, 1.54) is 0 Å². The lowest BCUT2D eigenvalue weighted by Gasteiger charge is -2.24. The van der Waals surface area contributed by atoms with Crippen molar-refractivity contribution in [2.45, 2.75) is 39.3 Å². The summed E-state index contributed by atoms with van der Waals surface area (Å²) in [5.74, 6) is 0. The maximum Gasteiger partial charge on any atom is 0.506 e. The van der Waals surface area contributed by atoms with Crippen LogP contribution in [-0.2, 0) is 0 Å². The molecule has 0 spiro atoms. The highest BCUT2D eigenvalue weighted by molar-refractivity contribution is 9.23. The monoisotopic (exact) mass is 324 g/mol. The van der Waals surface area contributed by atoms with Gasteiger partial charge >= 0.3 is 18.2 Å². The third kappa shape index (κ3) is 3.98. The van der Waals surface area contributed by atoms with E-state index in [9.17, 15) is 0 Å². The summed E-state index contributed by atoms with van der Waals surface area (Å²) in [6, 6.07) is 7.41. The molecule has 0 saturated heterocycles. The highest BCUT2D eigenvalue weighted by Crippen LogP contribution is 2.04. The molecule has 1 aromatic rings. The largest absolute Gasteiger partial charge is 0.506 e. The lowest BCUT2D eigenvalue weighted by Crippen LogP contribution is -2.47. The molecule has 0 aliphatic carbocycles. The number of hydrogen-bond acceptors (Lipinski definition) is 0. The van der Waals surface area contributed by atoms with E-state index in [1.807, 2.05) is 0 Å². The Bertz CT molecular complexity index is 345. The lowest BCUT2D eigenvalue weighted by molar-refractivity contribution is 1.69. The third-order valence-corrected chi connectivity index (χ3v) is 9.58. The van der Waals surface area contributed by atoms with Crippen LogP contribution in [0.3, 0.4) is 0 Å². The van der Waals surface area contributed by atoms with Crippen LogP contribution >= 0.6 is 12.9 Å². The Labute approximate surface area is 118 Å². The second kappa shape index (κ2) is 5.26. The maximum atomic E-state index is 3.73. The summed E-state index contributed by atoms with van der Waals surface area (Å²) in [7, 11) is -2.34. The Morgan fingerprint density at radius 1 is 0.812 bits per heavy atom. The van der Waals surface area contributed by atoms with E-state index in [4.69, 9.17) is 0 Å². The van der Waals surface area contributed by atoms with Crippen molar-refractivity contribution in [2.24, 2.45) is 0 Å². The van der Waals surface area contributed by atoms with Crippen LogP contribution in [0, 0.1) is 0 Å². The molecule has 4 heteroatoms. The minimum atomic E-state index is -1.17. The normalized spacial score (nSPS) is 12.4. The van der Waals surface area contributed by atoms with Gasteiger partial charge in [-0.05, 0) is 0 Å². The first-order chi connectivity index (χ1) is 7.14. The molecule has 86 valence electrons. The van der Waals surface area contributed by atoms with Crippen LogP contribution < -0.4 is 14.1 Å². The topological polar surface area (TPSA) is 0 Å². The third-order valence-electron chi connectivity index (χ3n) is 2.88. The minimum Gasteiger partial charge on any atom is -0.296 e. The molecule has 0 radical (unpaired) electrons. The molecule has 1 aromatic carbocycles. The van der Waals surface area contributed by atoms with Crippen molar-refractivity contribution in [3.05, 3.63) is 18.2 Å². The van der Waals surface area contributed by atoms with Crippen molar-refractivity contribution in [1.29, 1.82) is 0 Å². The van der Waals surface area contributed by atoms with E-state index in [2.05, 4.69) is 70.4 Å². The summed E-state index contributed by atoms with van der Waals surface area (Å²) in [4.78, 5) is 0. The van der Waals surface area contributed by atoms with E-state index in [0.717, 1.165) is 0 Å². The molecule has 0 saturated carbocycles. The van der Waals surface area contributed by atoms with Crippen LogP contribution in [0.15, 0.2) is 18.2 Å². The van der Waals surface area contributed by atoms with Gasteiger partial charge in [0.25, 0.3) is 0 Å². The van der Waals surface area contributed by atoms with Gasteiger partial charge in [-0.15, -0.1) is 0 Å². The summed E-state index contributed by atoms with van der Waals surface area (Å²) in [5.41, 5.74) is 0. The summed E-state index contributed by atoms with van der Waals surface area (Å²) in [6.07, 6.45) is 0. The molecule has 0 amide bonds. The first kappa shape index (κ1) is 15.0. The predicted molar refractivity (Wildman–Crippen MR) is 86.7 cm³/mol. The first-order valence-electron chi connectivity index (χ1n) is 5.85. The Morgan fingerprint density at radius 2 is 1.19 bits per heavy atom. The smallest absolute Gasteiger partial charge is 0.296 e. The van der Waals surface area contributed by atoms with Crippen molar-refractivity contribution >= 4 is 61.3 Å². The Morgan fingerprint density at radius 3 is 1.44 bits per heavy atom. The average Bonchev–Trinajstić information content (AvgIpc) is 2.14. The minimum absolute atomic E-state index is 0.210. The second-order valence-electron chi connectivity index (χ2n) is 6.55. The maximum absolute atomic E-state index is 3.73. The number of benzene rings is 1. The molecule has 0 nitrogen and oxygen atoms in total. The van der Waals surface area contributed by atoms with Crippen molar-refractivity contribution < 1.29 is 0 Å². The fourth-order valence-electron chi connectivity index (χ4n) is 1.64. The van der Waals surface area contributed by atoms with Crippen molar-refractivity contribution in [1.82, 2.24) is 0 Å². The summed E-state index contributed by atoms with van der Waals surface area (Å²) >= 11 is 3.52. The molecule has 0 unspecified atom stereocenters. The van der Waals surface area contributed by atoms with Gasteiger partial charge < -0.3 is 0 Å². The summed E-state index contributed by atoms with van der Waals surface area (Å²) < 4.78 is 1.58. The molecule has 0 N–H and O–H groups in total. The van der Waals surface area contributed by atoms with Gasteiger partial charge in [0, 0.05) is 0 Å². The number of rotatable bonds is 3. The SMILES string of the molecule is C[Si](C)(C)c1c[c]([Mg][Br])cc([Si](C)(C)C)c1. The molecule has 0 heterocycles. The van der Waals surface area contributed by atoms with Crippen LogP contribution in [0.1, 0.15) is 0 Å². The van der Waals surface area contributed by atoms with Gasteiger partial charge in [-0.1, -0.05) is 67.9 Å². The predicted octanol–water partition coefficient (Wildman–Crippen LogP) is 2.42. The molecule has 0 aliphatic heterocycles. The van der Waals surface area contributed by atoms with Crippen molar-refractivity contribution in [3.63, 3.8) is 0 Å². The lowest BCUT2D eigenvalue weighted by atomic mass is 10.3. The van der Waals surface area contributed by atoms with Gasteiger partial charge in [-0.2, -0.15) is 3.69 Å². The fourth-order valence-corrected chi connectivity index (χ4v) is 6.17. The van der Waals surface area contributed by atoms with E-state index in [1.54, 1.807) is 14.1 Å². The van der Waals surface area contributed by atoms with Gasteiger partial charge in [-0.25, -0.2) is 0 Å². The number of hydrogen-bond donors (Lipinski definition) is 0. The van der Waals surface area contributed by atoms with Crippen LogP contribution in [-0.4, -0.2) is 34.3 Å². The molecule has 0 aromatic heterocycles. The standard InChI is InChI=1S/C12H21Si2.BrH.Mg/c1-13(2,3)11-8-7-9-12(10-11)14(4,5)6;;/h8-10H,1-6H3;1H;/q;;+1/p-1. The van der Waals surface area contributed by atoms with Crippen molar-refractivity contribution in [2.75, 3.05) is 0 Å². The molecule has 0 fully saturated rings. The van der Waals surface area contributed by atoms with Gasteiger partial charge in [-0.3, -0.25) is 12.9 Å². The molecule has 0 aliphatic rings. The average molecular weight is 326 g/mol. The Kier molecular flexibility index (Phi) is 4.92. The van der Waals surface area contributed by atoms with E-state index < -0.39 is 16.1 Å².